The van der Waals surface area contributed by atoms with Gasteiger partial charge in [0.25, 0.3) is 0 Å². The first-order chi connectivity index (χ1) is 7.11. The minimum absolute atomic E-state index is 0. The van der Waals surface area contributed by atoms with Crippen LogP contribution >= 0.6 is 28.3 Å². The number of hydrogen-bond acceptors (Lipinski definition) is 2. The van der Waals surface area contributed by atoms with E-state index in [2.05, 4.69) is 15.9 Å². The number of aromatic hydroxyl groups is 1. The second-order valence-electron chi connectivity index (χ2n) is 4.01. The number of nitrogens with two attached hydrogens (primary N) is 1. The number of hydrogen-bond donors (Lipinski definition) is 2. The Bertz CT molecular complexity index is 384. The average molecular weight is 311 g/mol. The quantitative estimate of drug-likeness (QED) is 0.878. The van der Waals surface area contributed by atoms with Crippen LogP contribution in [0.2, 0.25) is 0 Å². The van der Waals surface area contributed by atoms with Crippen molar-refractivity contribution in [1.29, 1.82) is 0 Å². The Labute approximate surface area is 109 Å². The van der Waals surface area contributed by atoms with E-state index in [4.69, 9.17) is 5.73 Å². The van der Waals surface area contributed by atoms with Crippen molar-refractivity contribution in [2.45, 2.75) is 25.3 Å². The van der Waals surface area contributed by atoms with Crippen molar-refractivity contribution >= 4 is 28.3 Å². The molecule has 0 aliphatic heterocycles. The highest BCUT2D eigenvalue weighted by molar-refractivity contribution is 9.10. The zero-order valence-corrected chi connectivity index (χ0v) is 11.0. The van der Waals surface area contributed by atoms with Crippen LogP contribution in [0.1, 0.15) is 30.9 Å². The fraction of sp³-hybridized carbons (Fsp3) is 0.455. The highest BCUT2D eigenvalue weighted by Crippen LogP contribution is 2.42. The van der Waals surface area contributed by atoms with Crippen LogP contribution in [-0.4, -0.2) is 5.11 Å². The Hall–Kier alpha value is -0.320. The molecule has 0 aromatic heterocycles. The number of benzene rings is 1. The molecule has 5 heteroatoms. The molecule has 90 valence electrons. The number of rotatable bonds is 2. The summed E-state index contributed by atoms with van der Waals surface area (Å²) in [7, 11) is 0. The first kappa shape index (κ1) is 13.7. The lowest BCUT2D eigenvalue weighted by atomic mass is 9.77. The summed E-state index contributed by atoms with van der Waals surface area (Å²) in [4.78, 5) is 0. The summed E-state index contributed by atoms with van der Waals surface area (Å²) in [6.45, 7) is 0. The van der Waals surface area contributed by atoms with Crippen LogP contribution in [0.4, 0.5) is 4.39 Å². The van der Waals surface area contributed by atoms with E-state index in [0.717, 1.165) is 12.8 Å². The van der Waals surface area contributed by atoms with Crippen LogP contribution in [0.5, 0.6) is 5.75 Å². The van der Waals surface area contributed by atoms with Crippen LogP contribution in [0.3, 0.4) is 0 Å². The van der Waals surface area contributed by atoms with E-state index in [9.17, 15) is 9.50 Å². The van der Waals surface area contributed by atoms with Crippen molar-refractivity contribution in [3.8, 4) is 5.75 Å². The van der Waals surface area contributed by atoms with Crippen LogP contribution in [0, 0.1) is 11.7 Å². The van der Waals surface area contributed by atoms with E-state index >= 15 is 0 Å². The third-order valence-corrected chi connectivity index (χ3v) is 3.80. The predicted octanol–water partition coefficient (Wildman–Crippen LogP) is 3.52. The third kappa shape index (κ3) is 2.34. The van der Waals surface area contributed by atoms with Gasteiger partial charge in [0.05, 0.1) is 0 Å². The summed E-state index contributed by atoms with van der Waals surface area (Å²) in [5.74, 6) is -0.555. The fourth-order valence-electron chi connectivity index (χ4n) is 1.91. The molecule has 1 atom stereocenters. The van der Waals surface area contributed by atoms with E-state index in [1.54, 1.807) is 6.07 Å². The zero-order valence-electron chi connectivity index (χ0n) is 8.62. The van der Waals surface area contributed by atoms with Gasteiger partial charge in [0.15, 0.2) is 11.6 Å². The standard InChI is InChI=1S/C11H13BrFNO.ClH/c12-7-4-5-8(13)11(15)9(7)10(14)6-2-1-3-6;/h4-6,10,15H,1-3,14H2;1H/t10-;/m0./s1. The third-order valence-electron chi connectivity index (χ3n) is 3.11. The largest absolute Gasteiger partial charge is 0.505 e. The topological polar surface area (TPSA) is 46.2 Å². The fourth-order valence-corrected chi connectivity index (χ4v) is 2.49. The average Bonchev–Trinajstić information content (AvgIpc) is 2.09. The smallest absolute Gasteiger partial charge is 0.165 e. The Morgan fingerprint density at radius 3 is 2.56 bits per heavy atom. The summed E-state index contributed by atoms with van der Waals surface area (Å²) < 4.78 is 13.9. The van der Waals surface area contributed by atoms with E-state index in [1.807, 2.05) is 0 Å². The Balaban J connectivity index is 0.00000128. The molecule has 1 aliphatic rings. The first-order valence-corrected chi connectivity index (χ1v) is 5.83. The van der Waals surface area contributed by atoms with Gasteiger partial charge in [-0.1, -0.05) is 22.4 Å². The molecular weight excluding hydrogens is 296 g/mol. The van der Waals surface area contributed by atoms with Gasteiger partial charge in [0.2, 0.25) is 0 Å². The molecule has 0 radical (unpaired) electrons. The van der Waals surface area contributed by atoms with E-state index in [1.165, 1.54) is 12.5 Å². The van der Waals surface area contributed by atoms with Crippen LogP contribution in [-0.2, 0) is 0 Å². The van der Waals surface area contributed by atoms with Crippen LogP contribution in [0.25, 0.3) is 0 Å². The summed E-state index contributed by atoms with van der Waals surface area (Å²) in [6, 6.07) is 2.54. The number of phenols is 1. The molecular formula is C11H14BrClFNO. The van der Waals surface area contributed by atoms with Crippen LogP contribution < -0.4 is 5.73 Å². The number of halogens is 3. The molecule has 2 rings (SSSR count). The lowest BCUT2D eigenvalue weighted by Gasteiger charge is -2.32. The molecule has 1 aromatic carbocycles. The van der Waals surface area contributed by atoms with Crippen molar-refractivity contribution in [2.75, 3.05) is 0 Å². The van der Waals surface area contributed by atoms with Gasteiger partial charge in [0, 0.05) is 16.1 Å². The maximum atomic E-state index is 13.2. The molecule has 0 heterocycles. The van der Waals surface area contributed by atoms with E-state index in [-0.39, 0.29) is 24.2 Å². The summed E-state index contributed by atoms with van der Waals surface area (Å²) in [6.07, 6.45) is 3.29. The lowest BCUT2D eigenvalue weighted by Crippen LogP contribution is -2.27. The minimum Gasteiger partial charge on any atom is -0.505 e. The van der Waals surface area contributed by atoms with Gasteiger partial charge in [-0.2, -0.15) is 0 Å². The summed E-state index contributed by atoms with van der Waals surface area (Å²) >= 11 is 3.30. The molecule has 1 aliphatic carbocycles. The van der Waals surface area contributed by atoms with Crippen molar-refractivity contribution < 1.29 is 9.50 Å². The van der Waals surface area contributed by atoms with Crippen molar-refractivity contribution in [2.24, 2.45) is 11.7 Å². The molecule has 1 aromatic rings. The van der Waals surface area contributed by atoms with Crippen molar-refractivity contribution in [1.82, 2.24) is 0 Å². The molecule has 3 N–H and O–H groups in total. The van der Waals surface area contributed by atoms with E-state index in [0.29, 0.717) is 16.0 Å². The normalized spacial score (nSPS) is 17.4. The van der Waals surface area contributed by atoms with Gasteiger partial charge in [-0.15, -0.1) is 12.4 Å². The highest BCUT2D eigenvalue weighted by Gasteiger charge is 2.29. The molecule has 1 fully saturated rings. The molecule has 16 heavy (non-hydrogen) atoms. The lowest BCUT2D eigenvalue weighted by molar-refractivity contribution is 0.258. The Morgan fingerprint density at radius 2 is 2.06 bits per heavy atom. The molecule has 2 nitrogen and oxygen atoms in total. The minimum atomic E-state index is -0.608. The van der Waals surface area contributed by atoms with Crippen LogP contribution in [0.15, 0.2) is 16.6 Å². The van der Waals surface area contributed by atoms with Gasteiger partial charge >= 0.3 is 0 Å². The second kappa shape index (κ2) is 5.34. The monoisotopic (exact) mass is 309 g/mol. The maximum absolute atomic E-state index is 13.2. The molecule has 0 amide bonds. The molecule has 0 unspecified atom stereocenters. The predicted molar refractivity (Wildman–Crippen MR) is 67.3 cm³/mol. The van der Waals surface area contributed by atoms with Gasteiger partial charge in [-0.25, -0.2) is 4.39 Å². The molecule has 0 spiro atoms. The summed E-state index contributed by atoms with van der Waals surface area (Å²) in [5.41, 5.74) is 6.51. The first-order valence-electron chi connectivity index (χ1n) is 5.03. The Morgan fingerprint density at radius 1 is 1.44 bits per heavy atom. The molecule has 0 bridgehead atoms. The van der Waals surface area contributed by atoms with Gasteiger partial charge in [0.1, 0.15) is 0 Å². The van der Waals surface area contributed by atoms with Gasteiger partial charge in [-0.05, 0) is 30.9 Å². The van der Waals surface area contributed by atoms with Gasteiger partial charge < -0.3 is 10.8 Å². The van der Waals surface area contributed by atoms with E-state index < -0.39 is 5.82 Å². The molecule has 1 saturated carbocycles. The van der Waals surface area contributed by atoms with Gasteiger partial charge in [-0.3, -0.25) is 0 Å². The molecule has 0 saturated heterocycles. The van der Waals surface area contributed by atoms with Crippen molar-refractivity contribution in [3.05, 3.63) is 28.0 Å². The summed E-state index contributed by atoms with van der Waals surface area (Å²) in [5, 5.41) is 9.63. The second-order valence-corrected chi connectivity index (χ2v) is 4.86. The zero-order chi connectivity index (χ0) is 11.0. The highest BCUT2D eigenvalue weighted by atomic mass is 79.9. The maximum Gasteiger partial charge on any atom is 0.165 e. The SMILES string of the molecule is Cl.N[C@H](c1c(Br)ccc(F)c1O)C1CCC1. The number of phenolic OH excluding ortho intramolecular Hbond substituents is 1. The van der Waals surface area contributed by atoms with Crippen molar-refractivity contribution in [3.63, 3.8) is 0 Å². The Kier molecular flexibility index (Phi) is 4.59.